The Balaban J connectivity index is 1.64. The van der Waals surface area contributed by atoms with Crippen molar-refractivity contribution >= 4 is 17.9 Å². The van der Waals surface area contributed by atoms with E-state index >= 15 is 4.39 Å². The van der Waals surface area contributed by atoms with Crippen molar-refractivity contribution in [2.45, 2.75) is 33.1 Å². The lowest BCUT2D eigenvalue weighted by molar-refractivity contribution is -0.139. The minimum atomic E-state index is -0.839. The molecule has 0 spiro atoms. The maximum atomic E-state index is 15.2. The van der Waals surface area contributed by atoms with E-state index in [2.05, 4.69) is 13.2 Å². The molecule has 0 heterocycles. The Hall–Kier alpha value is -4.79. The average Bonchev–Trinajstić information content (AvgIpc) is 2.96. The number of hydrogen-bond donors (Lipinski definition) is 0. The van der Waals surface area contributed by atoms with E-state index in [4.69, 9.17) is 18.9 Å². The zero-order valence-corrected chi connectivity index (χ0v) is 23.8. The van der Waals surface area contributed by atoms with Crippen molar-refractivity contribution in [3.63, 3.8) is 0 Å². The van der Waals surface area contributed by atoms with Crippen LogP contribution in [0, 0.1) is 11.6 Å². The maximum absolute atomic E-state index is 15.2. The molecule has 3 aromatic rings. The largest absolute Gasteiger partial charge is 0.496 e. The minimum Gasteiger partial charge on any atom is -0.496 e. The smallest absolute Gasteiger partial charge is 0.341 e. The number of halogens is 2. The molecule has 0 aliphatic heterocycles. The Morgan fingerprint density at radius 3 is 1.93 bits per heavy atom. The van der Waals surface area contributed by atoms with E-state index in [1.54, 1.807) is 25.1 Å². The zero-order chi connectivity index (χ0) is 30.8. The van der Waals surface area contributed by atoms with Gasteiger partial charge in [0.05, 0.1) is 25.9 Å². The molecule has 0 aromatic heterocycles. The summed E-state index contributed by atoms with van der Waals surface area (Å²) >= 11 is 0. The lowest BCUT2D eigenvalue weighted by Gasteiger charge is -2.13. The summed E-state index contributed by atoms with van der Waals surface area (Å²) < 4.78 is 50.8. The Labute approximate surface area is 243 Å². The first-order chi connectivity index (χ1) is 20.0. The standard InChI is InChI=1S/C33H32F2O7/c1-20(2)31(36)40-15-7-6-8-16-41-33(38)27-13-10-22(17-29(27)35)25-12-9-23(18-28(25)34)26-14-11-24(19-30(26)39-5)42-32(37)21(3)4/h9-14,17-19H,1,3,6-8,15-16H2,2,4-5H3. The number of carbonyl (C=O) groups is 3. The topological polar surface area (TPSA) is 88.1 Å². The fourth-order valence-electron chi connectivity index (χ4n) is 3.84. The molecule has 0 aliphatic rings. The number of esters is 3. The molecule has 220 valence electrons. The van der Waals surface area contributed by atoms with Gasteiger partial charge in [0.15, 0.2) is 0 Å². The van der Waals surface area contributed by atoms with Crippen LogP contribution in [0.3, 0.4) is 0 Å². The molecule has 0 bridgehead atoms. The first kappa shape index (κ1) is 31.7. The van der Waals surface area contributed by atoms with Crippen LogP contribution in [0.4, 0.5) is 8.78 Å². The first-order valence-corrected chi connectivity index (χ1v) is 13.2. The van der Waals surface area contributed by atoms with E-state index in [1.807, 2.05) is 0 Å². The van der Waals surface area contributed by atoms with E-state index in [-0.39, 0.29) is 41.2 Å². The molecule has 3 aromatic carbocycles. The Kier molecular flexibility index (Phi) is 11.1. The van der Waals surface area contributed by atoms with Crippen molar-refractivity contribution in [2.24, 2.45) is 0 Å². The van der Waals surface area contributed by atoms with Crippen molar-refractivity contribution in [3.8, 4) is 33.8 Å². The summed E-state index contributed by atoms with van der Waals surface area (Å²) in [5, 5.41) is 0. The van der Waals surface area contributed by atoms with Crippen LogP contribution in [0.15, 0.2) is 78.9 Å². The number of ether oxygens (including phenoxy) is 4. The number of carbonyl (C=O) groups excluding carboxylic acids is 3. The molecule has 0 amide bonds. The average molecular weight is 579 g/mol. The van der Waals surface area contributed by atoms with E-state index in [9.17, 15) is 18.8 Å². The highest BCUT2D eigenvalue weighted by molar-refractivity contribution is 5.91. The van der Waals surface area contributed by atoms with Gasteiger partial charge in [0.2, 0.25) is 0 Å². The molecule has 42 heavy (non-hydrogen) atoms. The fourth-order valence-corrected chi connectivity index (χ4v) is 3.84. The number of unbranched alkanes of at least 4 members (excludes halogenated alkanes) is 2. The molecule has 9 heteroatoms. The van der Waals surface area contributed by atoms with E-state index < -0.39 is 29.5 Å². The van der Waals surface area contributed by atoms with Crippen molar-refractivity contribution in [1.82, 2.24) is 0 Å². The number of benzene rings is 3. The van der Waals surface area contributed by atoms with Crippen LogP contribution < -0.4 is 9.47 Å². The summed E-state index contributed by atoms with van der Waals surface area (Å²) in [6.07, 6.45) is 1.75. The predicted molar refractivity (Wildman–Crippen MR) is 154 cm³/mol. The quantitative estimate of drug-likeness (QED) is 0.0915. The summed E-state index contributed by atoms with van der Waals surface area (Å²) in [4.78, 5) is 35.5. The third-order valence-corrected chi connectivity index (χ3v) is 6.12. The highest BCUT2D eigenvalue weighted by atomic mass is 19.1. The van der Waals surface area contributed by atoms with Gasteiger partial charge in [-0.1, -0.05) is 31.4 Å². The molecule has 0 radical (unpaired) electrons. The van der Waals surface area contributed by atoms with Gasteiger partial charge in [0.25, 0.3) is 0 Å². The maximum Gasteiger partial charge on any atom is 0.341 e. The van der Waals surface area contributed by atoms with Gasteiger partial charge in [-0.15, -0.1) is 0 Å². The van der Waals surface area contributed by atoms with Gasteiger partial charge in [-0.25, -0.2) is 23.2 Å². The summed E-state index contributed by atoms with van der Waals surface area (Å²) in [6, 6.07) is 12.9. The van der Waals surface area contributed by atoms with Gasteiger partial charge in [-0.2, -0.15) is 0 Å². The Bertz CT molecular complexity index is 1510. The van der Waals surface area contributed by atoms with Crippen molar-refractivity contribution < 1.29 is 42.1 Å². The number of rotatable bonds is 13. The molecule has 7 nitrogen and oxygen atoms in total. The van der Waals surface area contributed by atoms with Gasteiger partial charge in [0.1, 0.15) is 23.1 Å². The van der Waals surface area contributed by atoms with Crippen LogP contribution >= 0.6 is 0 Å². The van der Waals surface area contributed by atoms with E-state index in [0.29, 0.717) is 41.7 Å². The number of methoxy groups -OCH3 is 1. The normalized spacial score (nSPS) is 10.5. The van der Waals surface area contributed by atoms with Crippen molar-refractivity contribution in [1.29, 1.82) is 0 Å². The van der Waals surface area contributed by atoms with Gasteiger partial charge < -0.3 is 18.9 Å². The lowest BCUT2D eigenvalue weighted by Crippen LogP contribution is -2.09. The molecular formula is C33H32F2O7. The molecule has 0 saturated carbocycles. The highest BCUT2D eigenvalue weighted by Crippen LogP contribution is 2.36. The van der Waals surface area contributed by atoms with E-state index in [1.165, 1.54) is 44.4 Å². The van der Waals surface area contributed by atoms with Gasteiger partial charge in [-0.05, 0) is 74.6 Å². The number of hydrogen-bond acceptors (Lipinski definition) is 7. The van der Waals surface area contributed by atoms with Crippen LogP contribution in [0.1, 0.15) is 43.5 Å². The third-order valence-electron chi connectivity index (χ3n) is 6.12. The van der Waals surface area contributed by atoms with Crippen LogP contribution in [-0.2, 0) is 19.1 Å². The summed E-state index contributed by atoms with van der Waals surface area (Å²) in [6.45, 7) is 10.4. The molecule has 0 fully saturated rings. The second kappa shape index (κ2) is 14.7. The monoisotopic (exact) mass is 578 g/mol. The van der Waals surface area contributed by atoms with Gasteiger partial charge in [0, 0.05) is 28.3 Å². The lowest BCUT2D eigenvalue weighted by atomic mass is 9.98. The summed E-state index contributed by atoms with van der Waals surface area (Å²) in [7, 11) is 1.44. The summed E-state index contributed by atoms with van der Waals surface area (Å²) in [5.74, 6) is -2.71. The van der Waals surface area contributed by atoms with Gasteiger partial charge >= 0.3 is 17.9 Å². The van der Waals surface area contributed by atoms with Crippen LogP contribution in [-0.4, -0.2) is 38.2 Å². The van der Waals surface area contributed by atoms with Gasteiger partial charge in [-0.3, -0.25) is 0 Å². The molecule has 0 saturated heterocycles. The van der Waals surface area contributed by atoms with E-state index in [0.717, 1.165) is 6.07 Å². The SMILES string of the molecule is C=C(C)C(=O)OCCCCCOC(=O)c1ccc(-c2ccc(-c3ccc(OC(=O)C(=C)C)cc3OC)cc2F)cc1F. The molecular weight excluding hydrogens is 546 g/mol. The van der Waals surface area contributed by atoms with Crippen molar-refractivity contribution in [3.05, 3.63) is 96.1 Å². The van der Waals surface area contributed by atoms with Crippen LogP contribution in [0.25, 0.3) is 22.3 Å². The predicted octanol–water partition coefficient (Wildman–Crippen LogP) is 7.24. The minimum absolute atomic E-state index is 0.0747. The molecule has 0 atom stereocenters. The van der Waals surface area contributed by atoms with Crippen LogP contribution in [0.2, 0.25) is 0 Å². The first-order valence-electron chi connectivity index (χ1n) is 13.2. The second-order valence-corrected chi connectivity index (χ2v) is 9.53. The Morgan fingerprint density at radius 1 is 0.714 bits per heavy atom. The Morgan fingerprint density at radius 2 is 1.31 bits per heavy atom. The zero-order valence-electron chi connectivity index (χ0n) is 23.8. The third kappa shape index (κ3) is 8.36. The summed E-state index contributed by atoms with van der Waals surface area (Å²) in [5.41, 5.74) is 1.72. The fraction of sp³-hybridized carbons (Fsp3) is 0.242. The molecule has 0 N–H and O–H groups in total. The van der Waals surface area contributed by atoms with Crippen LogP contribution in [0.5, 0.6) is 11.5 Å². The molecule has 0 aliphatic carbocycles. The molecule has 3 rings (SSSR count). The van der Waals surface area contributed by atoms with Crippen molar-refractivity contribution in [2.75, 3.05) is 20.3 Å². The molecule has 0 unspecified atom stereocenters. The second-order valence-electron chi connectivity index (χ2n) is 9.53. The highest BCUT2D eigenvalue weighted by Gasteiger charge is 2.17.